The minimum Gasteiger partial charge on any atom is -0.376 e. The van der Waals surface area contributed by atoms with Gasteiger partial charge in [-0.1, -0.05) is 45.9 Å². The summed E-state index contributed by atoms with van der Waals surface area (Å²) in [5.41, 5.74) is 4.69. The Kier molecular flexibility index (Phi) is 14.0. The Labute approximate surface area is 354 Å². The largest absolute Gasteiger partial charge is 0.376 e. The van der Waals surface area contributed by atoms with E-state index in [2.05, 4.69) is 89.0 Å². The molecule has 3 heterocycles. The molecule has 3 aromatic heterocycles. The van der Waals surface area contributed by atoms with Gasteiger partial charge in [0.1, 0.15) is 0 Å². The number of hydrogen-bond donors (Lipinski definition) is 7. The number of benzene rings is 4. The molecule has 15 nitrogen and oxygen atoms in total. The van der Waals surface area contributed by atoms with Gasteiger partial charge in [-0.15, -0.1) is 0 Å². The summed E-state index contributed by atoms with van der Waals surface area (Å²) in [6, 6.07) is 23.9. The third-order valence-electron chi connectivity index (χ3n) is 11.1. The lowest BCUT2D eigenvalue weighted by molar-refractivity contribution is -0.119. The number of fused-ring (bicyclic) bond motifs is 4. The van der Waals surface area contributed by atoms with Crippen LogP contribution in [0.5, 0.6) is 0 Å². The lowest BCUT2D eigenvalue weighted by Gasteiger charge is -2.18. The maximum absolute atomic E-state index is 13.6. The van der Waals surface area contributed by atoms with E-state index in [0.29, 0.717) is 55.9 Å². The number of aromatic nitrogens is 5. The molecule has 318 valence electrons. The standard InChI is InChI=1S/C46H56N12O3/c1-5-57(6-2)23-11-21-47-44-54-45(48-22-12-24-58(7-3)8-4)56-46(55-44)51-32-18-16-31(17-19-32)49-29-41(59)50-28-30-15-20-34-38(25-30)53-40-27-35-39(26-36(40)43(34)61)52-37-14-10-9-13-33(37)42(35)60/h9-10,13-20,25-27,49H,5-8,11-12,21-24,28-29H2,1-4H3,(H,50,59)(H,52,60)(H,53,61)(H3,47,48,51,54,55,56). The number of rotatable bonds is 21. The van der Waals surface area contributed by atoms with Crippen molar-refractivity contribution in [3.8, 4) is 0 Å². The summed E-state index contributed by atoms with van der Waals surface area (Å²) in [6.45, 7) is 16.6. The molecule has 0 aliphatic heterocycles. The van der Waals surface area contributed by atoms with Gasteiger partial charge in [-0.05, 0) is 118 Å². The van der Waals surface area contributed by atoms with E-state index in [9.17, 15) is 14.4 Å². The zero-order chi connectivity index (χ0) is 42.7. The number of pyridine rings is 2. The molecule has 0 aliphatic rings. The molecule has 0 aliphatic carbocycles. The fraction of sp³-hybridized carbons (Fsp3) is 0.348. The fourth-order valence-electron chi connectivity index (χ4n) is 7.48. The Hall–Kier alpha value is -6.58. The zero-order valence-electron chi connectivity index (χ0n) is 35.5. The molecule has 0 radical (unpaired) electrons. The average molecular weight is 825 g/mol. The molecule has 15 heteroatoms. The molecule has 1 amide bonds. The van der Waals surface area contributed by atoms with Crippen LogP contribution in [0.15, 0.2) is 88.5 Å². The Balaban J connectivity index is 0.947. The summed E-state index contributed by atoms with van der Waals surface area (Å²) in [5.74, 6) is 1.26. The number of carbonyl (C=O) groups is 1. The third-order valence-corrected chi connectivity index (χ3v) is 11.1. The number of aromatic amines is 2. The van der Waals surface area contributed by atoms with Crippen LogP contribution < -0.4 is 37.4 Å². The van der Waals surface area contributed by atoms with Crippen molar-refractivity contribution in [1.82, 2.24) is 40.0 Å². The molecule has 0 atom stereocenters. The maximum atomic E-state index is 13.6. The van der Waals surface area contributed by atoms with E-state index >= 15 is 0 Å². The molecule has 7 N–H and O–H groups in total. The Morgan fingerprint density at radius 3 is 1.70 bits per heavy atom. The van der Waals surface area contributed by atoms with Gasteiger partial charge in [-0.2, -0.15) is 15.0 Å². The van der Waals surface area contributed by atoms with Crippen LogP contribution in [0, 0.1) is 0 Å². The van der Waals surface area contributed by atoms with Crippen molar-refractivity contribution < 1.29 is 4.79 Å². The summed E-state index contributed by atoms with van der Waals surface area (Å²) in [6.07, 6.45) is 1.94. The molecule has 0 unspecified atom stereocenters. The predicted molar refractivity (Wildman–Crippen MR) is 249 cm³/mol. The number of nitrogens with zero attached hydrogens (tertiary/aromatic N) is 5. The first-order chi connectivity index (χ1) is 29.7. The van der Waals surface area contributed by atoms with Crippen LogP contribution in [-0.4, -0.2) is 99.5 Å². The first-order valence-corrected chi connectivity index (χ1v) is 21.3. The van der Waals surface area contributed by atoms with Crippen molar-refractivity contribution in [1.29, 1.82) is 0 Å². The molecule has 0 saturated heterocycles. The topological polar surface area (TPSA) is 188 Å². The lowest BCUT2D eigenvalue weighted by Crippen LogP contribution is -2.29. The second-order valence-corrected chi connectivity index (χ2v) is 15.0. The normalized spacial score (nSPS) is 11.6. The quantitative estimate of drug-likeness (QED) is 0.0304. The second kappa shape index (κ2) is 20.1. The molecule has 7 rings (SSSR count). The van der Waals surface area contributed by atoms with E-state index in [0.717, 1.165) is 87.7 Å². The van der Waals surface area contributed by atoms with Crippen molar-refractivity contribution in [3.05, 3.63) is 105 Å². The Bertz CT molecular complexity index is 2690. The smallest absolute Gasteiger partial charge is 0.239 e. The molecular formula is C46H56N12O3. The van der Waals surface area contributed by atoms with Crippen molar-refractivity contribution in [3.63, 3.8) is 0 Å². The number of nitrogens with one attached hydrogen (secondary N) is 7. The average Bonchev–Trinajstić information content (AvgIpc) is 3.28. The van der Waals surface area contributed by atoms with E-state index in [1.807, 2.05) is 54.6 Å². The van der Waals surface area contributed by atoms with Crippen molar-refractivity contribution >= 4 is 78.7 Å². The summed E-state index contributed by atoms with van der Waals surface area (Å²) in [5, 5.41) is 18.3. The van der Waals surface area contributed by atoms with Gasteiger partial charge >= 0.3 is 0 Å². The van der Waals surface area contributed by atoms with Crippen molar-refractivity contribution in [2.45, 2.75) is 47.1 Å². The van der Waals surface area contributed by atoms with Gasteiger partial charge in [0, 0.05) is 58.1 Å². The van der Waals surface area contributed by atoms with Gasteiger partial charge in [-0.25, -0.2) is 0 Å². The van der Waals surface area contributed by atoms with Crippen LogP contribution in [0.4, 0.5) is 29.2 Å². The number of anilines is 5. The van der Waals surface area contributed by atoms with Crippen LogP contribution in [0.3, 0.4) is 0 Å². The van der Waals surface area contributed by atoms with E-state index < -0.39 is 0 Å². The van der Waals surface area contributed by atoms with E-state index in [1.54, 1.807) is 24.3 Å². The summed E-state index contributed by atoms with van der Waals surface area (Å²) in [4.78, 5) is 65.1. The van der Waals surface area contributed by atoms with E-state index in [1.165, 1.54) is 0 Å². The molecule has 7 aromatic rings. The zero-order valence-corrected chi connectivity index (χ0v) is 35.5. The SMILES string of the molecule is CCN(CC)CCCNc1nc(NCCCN(CC)CC)nc(Nc2ccc(NCC(=O)NCc3ccc4c(=O)c5cc6[nH]c7ccccc7c(=O)c6cc5[nH]c4c3)cc2)n1. The lowest BCUT2D eigenvalue weighted by atomic mass is 10.0. The molecule has 0 fully saturated rings. The van der Waals surface area contributed by atoms with Gasteiger partial charge < -0.3 is 46.4 Å². The summed E-state index contributed by atoms with van der Waals surface area (Å²) < 4.78 is 0. The number of H-pyrrole nitrogens is 2. The molecule has 0 bridgehead atoms. The Morgan fingerprint density at radius 1 is 0.574 bits per heavy atom. The highest BCUT2D eigenvalue weighted by Gasteiger charge is 2.13. The maximum Gasteiger partial charge on any atom is 0.239 e. The van der Waals surface area contributed by atoms with Crippen LogP contribution in [-0.2, 0) is 11.3 Å². The van der Waals surface area contributed by atoms with Gasteiger partial charge in [0.05, 0.1) is 23.1 Å². The molecule has 61 heavy (non-hydrogen) atoms. The fourth-order valence-corrected chi connectivity index (χ4v) is 7.48. The predicted octanol–water partition coefficient (Wildman–Crippen LogP) is 6.62. The van der Waals surface area contributed by atoms with Gasteiger partial charge in [-0.3, -0.25) is 14.4 Å². The minimum absolute atomic E-state index is 0.0677. The van der Waals surface area contributed by atoms with Crippen LogP contribution in [0.2, 0.25) is 0 Å². The van der Waals surface area contributed by atoms with Crippen molar-refractivity contribution in [2.75, 3.05) is 80.2 Å². The highest BCUT2D eigenvalue weighted by molar-refractivity contribution is 6.02. The molecule has 0 saturated carbocycles. The first kappa shape index (κ1) is 42.5. The second-order valence-electron chi connectivity index (χ2n) is 15.0. The number of amides is 1. The van der Waals surface area contributed by atoms with Gasteiger partial charge in [0.2, 0.25) is 23.8 Å². The van der Waals surface area contributed by atoms with Crippen LogP contribution >= 0.6 is 0 Å². The highest BCUT2D eigenvalue weighted by atomic mass is 16.2. The van der Waals surface area contributed by atoms with Crippen LogP contribution in [0.25, 0.3) is 43.6 Å². The number of hydrogen-bond acceptors (Lipinski definition) is 12. The summed E-state index contributed by atoms with van der Waals surface area (Å²) in [7, 11) is 0. The third kappa shape index (κ3) is 10.6. The minimum atomic E-state index is -0.188. The van der Waals surface area contributed by atoms with E-state index in [-0.39, 0.29) is 29.9 Å². The number of para-hydroxylation sites is 1. The van der Waals surface area contributed by atoms with Gasteiger partial charge in [0.25, 0.3) is 0 Å². The monoisotopic (exact) mass is 824 g/mol. The number of carbonyl (C=O) groups excluding carboxylic acids is 1. The highest BCUT2D eigenvalue weighted by Crippen LogP contribution is 2.23. The van der Waals surface area contributed by atoms with Gasteiger partial charge in [0.15, 0.2) is 10.9 Å². The van der Waals surface area contributed by atoms with Crippen molar-refractivity contribution in [2.24, 2.45) is 0 Å². The first-order valence-electron chi connectivity index (χ1n) is 21.3. The molecular weight excluding hydrogens is 769 g/mol. The van der Waals surface area contributed by atoms with Crippen LogP contribution in [0.1, 0.15) is 46.1 Å². The Morgan fingerprint density at radius 2 is 1.10 bits per heavy atom. The molecule has 4 aromatic carbocycles. The molecule has 0 spiro atoms. The van der Waals surface area contributed by atoms with E-state index in [4.69, 9.17) is 0 Å². The summed E-state index contributed by atoms with van der Waals surface area (Å²) >= 11 is 0.